The minimum atomic E-state index is -0.252. The minimum Gasteiger partial charge on any atom is -0.373 e. The number of carbonyl (C=O) groups excluding carboxylic acids is 1. The highest BCUT2D eigenvalue weighted by atomic mass is 32.2. The summed E-state index contributed by atoms with van der Waals surface area (Å²) in [5, 5.41) is 3.09. The van der Waals surface area contributed by atoms with Gasteiger partial charge < -0.3 is 10.1 Å². The quantitative estimate of drug-likeness (QED) is 0.834. The lowest BCUT2D eigenvalue weighted by atomic mass is 9.97. The van der Waals surface area contributed by atoms with Crippen molar-refractivity contribution in [1.29, 1.82) is 0 Å². The molecule has 0 unspecified atom stereocenters. The summed E-state index contributed by atoms with van der Waals surface area (Å²) < 4.78 is 18.8. The van der Waals surface area contributed by atoms with E-state index in [2.05, 4.69) is 5.32 Å². The Kier molecular flexibility index (Phi) is 5.88. The van der Waals surface area contributed by atoms with Crippen molar-refractivity contribution in [1.82, 2.24) is 5.32 Å². The number of ether oxygens (including phenoxy) is 1. The lowest BCUT2D eigenvalue weighted by Crippen LogP contribution is -2.40. The van der Waals surface area contributed by atoms with Gasteiger partial charge in [-0.2, -0.15) is 0 Å². The van der Waals surface area contributed by atoms with Gasteiger partial charge in [0.15, 0.2) is 0 Å². The highest BCUT2D eigenvalue weighted by Crippen LogP contribution is 2.28. The van der Waals surface area contributed by atoms with Crippen molar-refractivity contribution in [3.63, 3.8) is 0 Å². The number of nitrogens with one attached hydrogen (secondary N) is 1. The Hall–Kier alpha value is -1.85. The molecule has 1 N–H and O–H groups in total. The molecule has 0 aromatic heterocycles. The van der Waals surface area contributed by atoms with Crippen LogP contribution < -0.4 is 5.32 Å². The lowest BCUT2D eigenvalue weighted by Gasteiger charge is -2.30. The Morgan fingerprint density at radius 1 is 1.17 bits per heavy atom. The molecule has 0 radical (unpaired) electrons. The standard InChI is InChI=1S/C19H20FNO2S/c20-15-8-6-14(7-9-15)18-12-16(10-11-23-18)21-19(22)13-24-17-4-2-1-3-5-17/h1-9,16,18H,10-13H2,(H,21,22)/t16-,18+/m0/s1. The van der Waals surface area contributed by atoms with Crippen LogP contribution in [-0.4, -0.2) is 24.3 Å². The number of hydrogen-bond donors (Lipinski definition) is 1. The van der Waals surface area contributed by atoms with E-state index < -0.39 is 0 Å². The molecule has 1 aliphatic rings. The van der Waals surface area contributed by atoms with E-state index >= 15 is 0 Å². The zero-order valence-corrected chi connectivity index (χ0v) is 14.1. The molecule has 1 amide bonds. The van der Waals surface area contributed by atoms with Gasteiger partial charge in [0.1, 0.15) is 5.82 Å². The van der Waals surface area contributed by atoms with Crippen LogP contribution in [0.3, 0.4) is 0 Å². The molecule has 24 heavy (non-hydrogen) atoms. The van der Waals surface area contributed by atoms with Gasteiger partial charge in [0.05, 0.1) is 11.9 Å². The molecule has 1 saturated heterocycles. The zero-order valence-electron chi connectivity index (χ0n) is 13.3. The summed E-state index contributed by atoms with van der Waals surface area (Å²) in [5.74, 6) is 0.189. The van der Waals surface area contributed by atoms with Crippen LogP contribution in [0.1, 0.15) is 24.5 Å². The Morgan fingerprint density at radius 2 is 1.92 bits per heavy atom. The third-order valence-electron chi connectivity index (χ3n) is 4.00. The first kappa shape index (κ1) is 17.0. The first-order chi connectivity index (χ1) is 11.7. The molecule has 3 rings (SSSR count). The molecule has 0 aliphatic carbocycles. The maximum Gasteiger partial charge on any atom is 0.230 e. The number of halogens is 1. The van der Waals surface area contributed by atoms with E-state index in [9.17, 15) is 9.18 Å². The molecule has 0 saturated carbocycles. The van der Waals surface area contributed by atoms with Crippen molar-refractivity contribution < 1.29 is 13.9 Å². The SMILES string of the molecule is O=C(CSc1ccccc1)N[C@H]1CCO[C@@H](c2ccc(F)cc2)C1. The predicted octanol–water partition coefficient (Wildman–Crippen LogP) is 3.95. The molecule has 3 nitrogen and oxygen atoms in total. The second kappa shape index (κ2) is 8.31. The Labute approximate surface area is 145 Å². The van der Waals surface area contributed by atoms with Gasteiger partial charge in [-0.05, 0) is 42.7 Å². The summed E-state index contributed by atoms with van der Waals surface area (Å²) in [6.45, 7) is 0.596. The number of benzene rings is 2. The average molecular weight is 345 g/mol. The third-order valence-corrected chi connectivity index (χ3v) is 5.02. The molecular formula is C19H20FNO2S. The number of amides is 1. The fourth-order valence-electron chi connectivity index (χ4n) is 2.77. The van der Waals surface area contributed by atoms with Gasteiger partial charge in [-0.15, -0.1) is 11.8 Å². The van der Waals surface area contributed by atoms with Crippen LogP contribution in [0.15, 0.2) is 59.5 Å². The van der Waals surface area contributed by atoms with E-state index in [0.717, 1.165) is 16.9 Å². The van der Waals surface area contributed by atoms with E-state index in [4.69, 9.17) is 4.74 Å². The molecule has 0 bridgehead atoms. The highest BCUT2D eigenvalue weighted by molar-refractivity contribution is 8.00. The summed E-state index contributed by atoms with van der Waals surface area (Å²) in [7, 11) is 0. The first-order valence-corrected chi connectivity index (χ1v) is 9.03. The van der Waals surface area contributed by atoms with Gasteiger partial charge in [-0.3, -0.25) is 4.79 Å². The van der Waals surface area contributed by atoms with Crippen LogP contribution >= 0.6 is 11.8 Å². The van der Waals surface area contributed by atoms with Crippen molar-refractivity contribution in [3.05, 3.63) is 66.0 Å². The van der Waals surface area contributed by atoms with Gasteiger partial charge in [-0.1, -0.05) is 30.3 Å². The fraction of sp³-hybridized carbons (Fsp3) is 0.316. The third kappa shape index (κ3) is 4.82. The highest BCUT2D eigenvalue weighted by Gasteiger charge is 2.25. The van der Waals surface area contributed by atoms with E-state index in [1.54, 1.807) is 12.1 Å². The largest absolute Gasteiger partial charge is 0.373 e. The minimum absolute atomic E-state index is 0.0357. The molecule has 0 spiro atoms. The number of hydrogen-bond acceptors (Lipinski definition) is 3. The smallest absolute Gasteiger partial charge is 0.230 e. The number of rotatable bonds is 5. The molecule has 1 heterocycles. The van der Waals surface area contributed by atoms with Crippen LogP contribution in [0, 0.1) is 5.82 Å². The van der Waals surface area contributed by atoms with Gasteiger partial charge in [0.25, 0.3) is 0 Å². The maximum absolute atomic E-state index is 13.0. The monoisotopic (exact) mass is 345 g/mol. The van der Waals surface area contributed by atoms with E-state index in [-0.39, 0.29) is 23.9 Å². The zero-order chi connectivity index (χ0) is 16.8. The Morgan fingerprint density at radius 3 is 2.67 bits per heavy atom. The molecule has 2 aromatic rings. The molecule has 5 heteroatoms. The predicted molar refractivity (Wildman–Crippen MR) is 93.4 cm³/mol. The van der Waals surface area contributed by atoms with Crippen LogP contribution in [0.4, 0.5) is 4.39 Å². The van der Waals surface area contributed by atoms with Gasteiger partial charge >= 0.3 is 0 Å². The second-order valence-electron chi connectivity index (χ2n) is 5.80. The van der Waals surface area contributed by atoms with Crippen molar-refractivity contribution in [3.8, 4) is 0 Å². The molecule has 1 fully saturated rings. The lowest BCUT2D eigenvalue weighted by molar-refractivity contribution is -0.120. The van der Waals surface area contributed by atoms with E-state index in [1.165, 1.54) is 23.9 Å². The summed E-state index contributed by atoms with van der Waals surface area (Å²) in [6, 6.07) is 16.4. The molecule has 126 valence electrons. The summed E-state index contributed by atoms with van der Waals surface area (Å²) in [4.78, 5) is 13.2. The van der Waals surface area contributed by atoms with Crippen LogP contribution in [0.2, 0.25) is 0 Å². The maximum atomic E-state index is 13.0. The van der Waals surface area contributed by atoms with Crippen molar-refractivity contribution in [2.75, 3.05) is 12.4 Å². The van der Waals surface area contributed by atoms with Gasteiger partial charge in [0, 0.05) is 17.5 Å². The second-order valence-corrected chi connectivity index (χ2v) is 6.85. The fourth-order valence-corrected chi connectivity index (χ4v) is 3.50. The molecule has 1 aliphatic heterocycles. The van der Waals surface area contributed by atoms with Crippen molar-refractivity contribution in [2.45, 2.75) is 29.9 Å². The van der Waals surface area contributed by atoms with Crippen LogP contribution in [-0.2, 0) is 9.53 Å². The number of carbonyl (C=O) groups is 1. The molecule has 2 atom stereocenters. The van der Waals surface area contributed by atoms with Crippen molar-refractivity contribution in [2.24, 2.45) is 0 Å². The van der Waals surface area contributed by atoms with E-state index in [0.29, 0.717) is 18.8 Å². The van der Waals surface area contributed by atoms with Crippen molar-refractivity contribution >= 4 is 17.7 Å². The van der Waals surface area contributed by atoms with Gasteiger partial charge in [-0.25, -0.2) is 4.39 Å². The topological polar surface area (TPSA) is 38.3 Å². The van der Waals surface area contributed by atoms with Crippen LogP contribution in [0.25, 0.3) is 0 Å². The molecular weight excluding hydrogens is 325 g/mol. The van der Waals surface area contributed by atoms with Crippen LogP contribution in [0.5, 0.6) is 0 Å². The van der Waals surface area contributed by atoms with Gasteiger partial charge in [0.2, 0.25) is 5.91 Å². The Bertz CT molecular complexity index is 663. The summed E-state index contributed by atoms with van der Waals surface area (Å²) in [5.41, 5.74) is 0.953. The summed E-state index contributed by atoms with van der Waals surface area (Å²) in [6.07, 6.45) is 1.43. The summed E-state index contributed by atoms with van der Waals surface area (Å²) >= 11 is 1.53. The molecule has 2 aromatic carbocycles. The average Bonchev–Trinajstić information content (AvgIpc) is 2.62. The Balaban J connectivity index is 1.49. The van der Waals surface area contributed by atoms with E-state index in [1.807, 2.05) is 30.3 Å². The number of thioether (sulfide) groups is 1. The first-order valence-electron chi connectivity index (χ1n) is 8.05. The normalized spacial score (nSPS) is 20.5.